The second-order valence-corrected chi connectivity index (χ2v) is 5.46. The Labute approximate surface area is 121 Å². The largest absolute Gasteiger partial charge is 0.301 e. The van der Waals surface area contributed by atoms with E-state index in [0.29, 0.717) is 17.2 Å². The van der Waals surface area contributed by atoms with Gasteiger partial charge >= 0.3 is 0 Å². The lowest BCUT2D eigenvalue weighted by Gasteiger charge is -2.16. The molecule has 0 fully saturated rings. The van der Waals surface area contributed by atoms with Crippen molar-refractivity contribution in [2.24, 2.45) is 0 Å². The maximum absolute atomic E-state index is 13.5. The van der Waals surface area contributed by atoms with E-state index in [1.54, 1.807) is 30.1 Å². The molecule has 1 heterocycles. The summed E-state index contributed by atoms with van der Waals surface area (Å²) in [6.07, 6.45) is 0. The topological polar surface area (TPSA) is 45.2 Å². The number of carbonyl (C=O) groups is 1. The fourth-order valence-corrected chi connectivity index (χ4v) is 2.49. The molecular formula is C14H16FN3OS. The average Bonchev–Trinajstić information content (AvgIpc) is 2.77. The highest BCUT2D eigenvalue weighted by Gasteiger charge is 2.10. The van der Waals surface area contributed by atoms with Crippen molar-refractivity contribution in [1.29, 1.82) is 0 Å². The van der Waals surface area contributed by atoms with Crippen molar-refractivity contribution in [3.8, 4) is 0 Å². The number of likely N-dealkylation sites (N-methyl/N-ethyl adjacent to an activating group) is 1. The fraction of sp³-hybridized carbons (Fsp3) is 0.286. The van der Waals surface area contributed by atoms with Gasteiger partial charge in [-0.25, -0.2) is 9.37 Å². The van der Waals surface area contributed by atoms with Crippen molar-refractivity contribution in [1.82, 2.24) is 9.88 Å². The summed E-state index contributed by atoms with van der Waals surface area (Å²) in [7, 11) is 1.78. The van der Waals surface area contributed by atoms with Gasteiger partial charge in [-0.05, 0) is 20.0 Å². The van der Waals surface area contributed by atoms with Gasteiger partial charge in [-0.3, -0.25) is 9.69 Å². The molecule has 2 aromatic rings. The average molecular weight is 293 g/mol. The predicted molar refractivity (Wildman–Crippen MR) is 78.2 cm³/mol. The van der Waals surface area contributed by atoms with Gasteiger partial charge in [-0.15, -0.1) is 11.3 Å². The van der Waals surface area contributed by atoms with Crippen LogP contribution in [-0.2, 0) is 11.3 Å². The van der Waals surface area contributed by atoms with E-state index in [2.05, 4.69) is 10.3 Å². The summed E-state index contributed by atoms with van der Waals surface area (Å²) in [6, 6.07) is 6.57. The second kappa shape index (κ2) is 6.58. The maximum atomic E-state index is 13.5. The molecule has 1 aromatic heterocycles. The van der Waals surface area contributed by atoms with E-state index in [0.717, 1.165) is 5.69 Å². The van der Waals surface area contributed by atoms with Crippen molar-refractivity contribution < 1.29 is 9.18 Å². The number of rotatable bonds is 5. The Morgan fingerprint density at radius 3 is 2.85 bits per heavy atom. The molecule has 0 atom stereocenters. The molecule has 2 rings (SSSR count). The highest BCUT2D eigenvalue weighted by atomic mass is 32.1. The second-order valence-electron chi connectivity index (χ2n) is 4.61. The van der Waals surface area contributed by atoms with E-state index in [9.17, 15) is 9.18 Å². The summed E-state index contributed by atoms with van der Waals surface area (Å²) in [4.78, 5) is 17.7. The van der Waals surface area contributed by atoms with Crippen molar-refractivity contribution in [2.45, 2.75) is 13.5 Å². The summed E-state index contributed by atoms with van der Waals surface area (Å²) in [5.74, 6) is -0.409. The minimum Gasteiger partial charge on any atom is -0.301 e. The van der Waals surface area contributed by atoms with Crippen LogP contribution >= 0.6 is 11.3 Å². The number of nitrogens with zero attached hydrogens (tertiary/aromatic N) is 2. The summed E-state index contributed by atoms with van der Waals surface area (Å²) in [5, 5.41) is 5.19. The molecule has 0 saturated heterocycles. The highest BCUT2D eigenvalue weighted by Crippen LogP contribution is 2.14. The molecule has 0 aliphatic carbocycles. The molecule has 0 radical (unpaired) electrons. The Morgan fingerprint density at radius 2 is 2.20 bits per heavy atom. The molecule has 1 amide bonds. The van der Waals surface area contributed by atoms with E-state index in [4.69, 9.17) is 0 Å². The van der Waals surface area contributed by atoms with Crippen LogP contribution in [0, 0.1) is 12.7 Å². The zero-order valence-electron chi connectivity index (χ0n) is 11.4. The lowest BCUT2D eigenvalue weighted by molar-refractivity contribution is -0.117. The number of carbonyl (C=O) groups excluding carboxylic acids is 1. The van der Waals surface area contributed by atoms with Crippen LogP contribution in [0.4, 0.5) is 9.52 Å². The SMILES string of the molecule is Cc1csc(NC(=O)CN(C)Cc2ccccc2F)n1. The van der Waals surface area contributed by atoms with Crippen LogP contribution in [0.5, 0.6) is 0 Å². The first-order valence-electron chi connectivity index (χ1n) is 6.18. The number of hydrogen-bond acceptors (Lipinski definition) is 4. The van der Waals surface area contributed by atoms with Crippen LogP contribution in [0.2, 0.25) is 0 Å². The molecule has 106 valence electrons. The molecule has 1 aromatic carbocycles. The molecule has 0 aliphatic heterocycles. The molecule has 0 bridgehead atoms. The quantitative estimate of drug-likeness (QED) is 0.922. The lowest BCUT2D eigenvalue weighted by atomic mass is 10.2. The zero-order valence-corrected chi connectivity index (χ0v) is 12.2. The van der Waals surface area contributed by atoms with E-state index in [-0.39, 0.29) is 18.3 Å². The van der Waals surface area contributed by atoms with E-state index in [1.165, 1.54) is 17.4 Å². The third-order valence-electron chi connectivity index (χ3n) is 2.68. The molecule has 6 heteroatoms. The number of halogens is 1. The van der Waals surface area contributed by atoms with E-state index < -0.39 is 0 Å². The first-order chi connectivity index (χ1) is 9.54. The smallest absolute Gasteiger partial charge is 0.240 e. The van der Waals surface area contributed by atoms with Gasteiger partial charge in [-0.2, -0.15) is 0 Å². The number of nitrogens with one attached hydrogen (secondary N) is 1. The van der Waals surface area contributed by atoms with Crippen LogP contribution in [0.25, 0.3) is 0 Å². The standard InChI is InChI=1S/C14H16FN3OS/c1-10-9-20-14(16-10)17-13(19)8-18(2)7-11-5-3-4-6-12(11)15/h3-6,9H,7-8H2,1-2H3,(H,16,17,19). The first-order valence-corrected chi connectivity index (χ1v) is 7.06. The van der Waals surface area contributed by atoms with Crippen LogP contribution < -0.4 is 5.32 Å². The Balaban J connectivity index is 1.86. The number of aromatic nitrogens is 1. The summed E-state index contributed by atoms with van der Waals surface area (Å²) >= 11 is 1.39. The van der Waals surface area contributed by atoms with Crippen molar-refractivity contribution >= 4 is 22.4 Å². The van der Waals surface area contributed by atoms with Gasteiger partial charge in [0.05, 0.1) is 12.2 Å². The number of thiazole rings is 1. The minimum atomic E-state index is -0.254. The fourth-order valence-electron chi connectivity index (χ4n) is 1.79. The Morgan fingerprint density at radius 1 is 1.45 bits per heavy atom. The van der Waals surface area contributed by atoms with Gasteiger partial charge in [0.25, 0.3) is 0 Å². The van der Waals surface area contributed by atoms with Gasteiger partial charge in [-0.1, -0.05) is 18.2 Å². The Hall–Kier alpha value is -1.79. The van der Waals surface area contributed by atoms with Gasteiger partial charge in [0.2, 0.25) is 5.91 Å². The van der Waals surface area contributed by atoms with Gasteiger partial charge in [0.15, 0.2) is 5.13 Å². The number of anilines is 1. The van der Waals surface area contributed by atoms with Crippen LogP contribution in [-0.4, -0.2) is 29.4 Å². The maximum Gasteiger partial charge on any atom is 0.240 e. The predicted octanol–water partition coefficient (Wildman–Crippen LogP) is 2.66. The molecule has 1 N–H and O–H groups in total. The van der Waals surface area contributed by atoms with Crippen LogP contribution in [0.3, 0.4) is 0 Å². The molecule has 0 saturated carbocycles. The lowest BCUT2D eigenvalue weighted by Crippen LogP contribution is -2.30. The zero-order chi connectivity index (χ0) is 14.5. The van der Waals surface area contributed by atoms with Gasteiger partial charge < -0.3 is 5.32 Å². The summed E-state index contributed by atoms with van der Waals surface area (Å²) < 4.78 is 13.5. The number of benzene rings is 1. The highest BCUT2D eigenvalue weighted by molar-refractivity contribution is 7.13. The van der Waals surface area contributed by atoms with Crippen molar-refractivity contribution in [3.63, 3.8) is 0 Å². The van der Waals surface area contributed by atoms with Crippen LogP contribution in [0.15, 0.2) is 29.6 Å². The first kappa shape index (κ1) is 14.6. The number of aryl methyl sites for hydroxylation is 1. The van der Waals surface area contributed by atoms with Gasteiger partial charge in [0, 0.05) is 17.5 Å². The van der Waals surface area contributed by atoms with Gasteiger partial charge in [0.1, 0.15) is 5.82 Å². The van der Waals surface area contributed by atoms with E-state index >= 15 is 0 Å². The molecule has 4 nitrogen and oxygen atoms in total. The minimum absolute atomic E-state index is 0.154. The van der Waals surface area contributed by atoms with Crippen LogP contribution in [0.1, 0.15) is 11.3 Å². The molecule has 20 heavy (non-hydrogen) atoms. The number of hydrogen-bond donors (Lipinski definition) is 1. The molecule has 0 spiro atoms. The molecule has 0 unspecified atom stereocenters. The van der Waals surface area contributed by atoms with E-state index in [1.807, 2.05) is 12.3 Å². The molecular weight excluding hydrogens is 277 g/mol. The third-order valence-corrected chi connectivity index (χ3v) is 3.55. The normalized spacial score (nSPS) is 10.8. The third kappa shape index (κ3) is 4.11. The van der Waals surface area contributed by atoms with Crippen molar-refractivity contribution in [3.05, 3.63) is 46.7 Å². The summed E-state index contributed by atoms with van der Waals surface area (Å²) in [6.45, 7) is 2.44. The summed E-state index contributed by atoms with van der Waals surface area (Å²) in [5.41, 5.74) is 1.46. The Bertz CT molecular complexity index is 600. The Kier molecular flexibility index (Phi) is 4.81. The van der Waals surface area contributed by atoms with Crippen molar-refractivity contribution in [2.75, 3.05) is 18.9 Å². The molecule has 0 aliphatic rings. The number of amides is 1. The monoisotopic (exact) mass is 293 g/mol.